The summed E-state index contributed by atoms with van der Waals surface area (Å²) >= 11 is 5.63. The minimum atomic E-state index is -4.65. The van der Waals surface area contributed by atoms with Crippen molar-refractivity contribution in [2.45, 2.75) is 25.6 Å². The van der Waals surface area contributed by atoms with Gasteiger partial charge in [0.1, 0.15) is 11.5 Å². The van der Waals surface area contributed by atoms with E-state index >= 15 is 0 Å². The molecule has 0 saturated heterocycles. The first kappa shape index (κ1) is 19.9. The van der Waals surface area contributed by atoms with Gasteiger partial charge in [0.2, 0.25) is 0 Å². The SMILES string of the molecule is CC[C@H](Oc1ccc(OC)cc1)C(=O)Nc1ccc(Cl)cc1C(F)(F)F. The number of alkyl halides is 3. The molecule has 8 heteroatoms. The summed E-state index contributed by atoms with van der Waals surface area (Å²) in [6.07, 6.45) is -5.33. The fraction of sp³-hybridized carbons (Fsp3) is 0.278. The molecule has 2 rings (SSSR count). The zero-order valence-corrected chi connectivity index (χ0v) is 14.8. The van der Waals surface area contributed by atoms with Gasteiger partial charge in [0, 0.05) is 5.02 Å². The fourth-order valence-electron chi connectivity index (χ4n) is 2.21. The second kappa shape index (κ2) is 8.31. The van der Waals surface area contributed by atoms with Crippen molar-refractivity contribution in [1.29, 1.82) is 0 Å². The van der Waals surface area contributed by atoms with Crippen LogP contribution in [0.1, 0.15) is 18.9 Å². The molecule has 1 atom stereocenters. The van der Waals surface area contributed by atoms with E-state index in [2.05, 4.69) is 5.32 Å². The maximum Gasteiger partial charge on any atom is 0.418 e. The minimum absolute atomic E-state index is 0.0724. The van der Waals surface area contributed by atoms with Crippen LogP contribution in [0.25, 0.3) is 0 Å². The van der Waals surface area contributed by atoms with Crippen LogP contribution in [0, 0.1) is 0 Å². The zero-order valence-electron chi connectivity index (χ0n) is 14.1. The highest BCUT2D eigenvalue weighted by atomic mass is 35.5. The Balaban J connectivity index is 2.16. The normalized spacial score (nSPS) is 12.4. The Hall–Kier alpha value is -2.41. The Labute approximate surface area is 153 Å². The Bertz CT molecular complexity index is 763. The van der Waals surface area contributed by atoms with Gasteiger partial charge in [-0.3, -0.25) is 4.79 Å². The zero-order chi connectivity index (χ0) is 19.3. The minimum Gasteiger partial charge on any atom is -0.497 e. The molecule has 0 aliphatic heterocycles. The smallest absolute Gasteiger partial charge is 0.418 e. The van der Waals surface area contributed by atoms with Crippen molar-refractivity contribution in [2.75, 3.05) is 12.4 Å². The van der Waals surface area contributed by atoms with Crippen LogP contribution >= 0.6 is 11.6 Å². The van der Waals surface area contributed by atoms with Gasteiger partial charge in [0.05, 0.1) is 18.4 Å². The highest BCUT2D eigenvalue weighted by Crippen LogP contribution is 2.36. The molecule has 0 heterocycles. The van der Waals surface area contributed by atoms with Crippen molar-refractivity contribution < 1.29 is 27.4 Å². The molecule has 2 aromatic carbocycles. The summed E-state index contributed by atoms with van der Waals surface area (Å²) in [6, 6.07) is 9.68. The number of nitrogens with one attached hydrogen (secondary N) is 1. The molecule has 4 nitrogen and oxygen atoms in total. The van der Waals surface area contributed by atoms with E-state index in [1.165, 1.54) is 13.2 Å². The summed E-state index contributed by atoms with van der Waals surface area (Å²) < 4.78 is 50.0. The maximum atomic E-state index is 13.1. The predicted octanol–water partition coefficient (Wildman–Crippen LogP) is 5.16. The van der Waals surface area contributed by atoms with Crippen molar-refractivity contribution >= 4 is 23.2 Å². The molecule has 26 heavy (non-hydrogen) atoms. The average Bonchev–Trinajstić information content (AvgIpc) is 2.60. The lowest BCUT2D eigenvalue weighted by Gasteiger charge is -2.19. The van der Waals surface area contributed by atoms with Crippen LogP contribution in [-0.4, -0.2) is 19.1 Å². The monoisotopic (exact) mass is 387 g/mol. The van der Waals surface area contributed by atoms with E-state index in [4.69, 9.17) is 21.1 Å². The number of hydrogen-bond acceptors (Lipinski definition) is 3. The number of carbonyl (C=O) groups excluding carboxylic acids is 1. The Kier molecular flexibility index (Phi) is 6.37. The second-order valence-corrected chi connectivity index (χ2v) is 5.80. The highest BCUT2D eigenvalue weighted by molar-refractivity contribution is 6.30. The van der Waals surface area contributed by atoms with Gasteiger partial charge >= 0.3 is 6.18 Å². The van der Waals surface area contributed by atoms with Crippen LogP contribution < -0.4 is 14.8 Å². The van der Waals surface area contributed by atoms with E-state index in [9.17, 15) is 18.0 Å². The molecular weight excluding hydrogens is 371 g/mol. The van der Waals surface area contributed by atoms with E-state index in [1.807, 2.05) is 0 Å². The molecule has 0 fully saturated rings. The number of carbonyl (C=O) groups is 1. The first-order valence-electron chi connectivity index (χ1n) is 7.73. The first-order chi connectivity index (χ1) is 12.2. The molecule has 0 unspecified atom stereocenters. The van der Waals surface area contributed by atoms with Gasteiger partial charge in [-0.2, -0.15) is 13.2 Å². The fourth-order valence-corrected chi connectivity index (χ4v) is 2.39. The van der Waals surface area contributed by atoms with Crippen molar-refractivity contribution in [2.24, 2.45) is 0 Å². The largest absolute Gasteiger partial charge is 0.497 e. The third kappa shape index (κ3) is 5.05. The third-order valence-corrected chi connectivity index (χ3v) is 3.78. The quantitative estimate of drug-likeness (QED) is 0.744. The highest BCUT2D eigenvalue weighted by Gasteiger charge is 2.34. The molecule has 140 valence electrons. The number of halogens is 4. The molecule has 2 aromatic rings. The molecule has 0 aliphatic rings. The topological polar surface area (TPSA) is 47.6 Å². The number of anilines is 1. The standard InChI is InChI=1S/C18H17ClF3NO3/c1-3-16(26-13-7-5-12(25-2)6-8-13)17(24)23-15-9-4-11(19)10-14(15)18(20,21)22/h4-10,16H,3H2,1-2H3,(H,23,24)/t16-/m0/s1. The predicted molar refractivity (Wildman–Crippen MR) is 92.8 cm³/mol. The summed E-state index contributed by atoms with van der Waals surface area (Å²) in [5.74, 6) is 0.335. The Morgan fingerprint density at radius 1 is 1.15 bits per heavy atom. The van der Waals surface area contributed by atoms with Crippen LogP contribution in [0.5, 0.6) is 11.5 Å². The molecule has 0 radical (unpaired) electrons. The second-order valence-electron chi connectivity index (χ2n) is 5.37. The van der Waals surface area contributed by atoms with E-state index in [0.29, 0.717) is 11.5 Å². The summed E-state index contributed by atoms with van der Waals surface area (Å²) in [5, 5.41) is 2.20. The molecule has 0 bridgehead atoms. The van der Waals surface area contributed by atoms with Gasteiger partial charge in [-0.05, 0) is 48.9 Å². The Morgan fingerprint density at radius 3 is 2.31 bits per heavy atom. The number of benzene rings is 2. The van der Waals surface area contributed by atoms with E-state index in [1.54, 1.807) is 31.2 Å². The Morgan fingerprint density at radius 2 is 1.77 bits per heavy atom. The summed E-state index contributed by atoms with van der Waals surface area (Å²) in [6.45, 7) is 1.69. The number of rotatable bonds is 6. The van der Waals surface area contributed by atoms with Crippen molar-refractivity contribution in [1.82, 2.24) is 0 Å². The van der Waals surface area contributed by atoms with Gasteiger partial charge in [-0.25, -0.2) is 0 Å². The third-order valence-electron chi connectivity index (χ3n) is 3.55. The number of amides is 1. The number of methoxy groups -OCH3 is 1. The molecule has 0 spiro atoms. The van der Waals surface area contributed by atoms with Gasteiger partial charge < -0.3 is 14.8 Å². The van der Waals surface area contributed by atoms with Crippen LogP contribution in [0.2, 0.25) is 5.02 Å². The summed E-state index contributed by atoms with van der Waals surface area (Å²) in [5.41, 5.74) is -1.39. The van der Waals surface area contributed by atoms with Crippen molar-refractivity contribution in [3.05, 3.63) is 53.1 Å². The van der Waals surface area contributed by atoms with Gasteiger partial charge in [0.25, 0.3) is 5.91 Å². The number of ether oxygens (including phenoxy) is 2. The molecule has 0 aromatic heterocycles. The van der Waals surface area contributed by atoms with E-state index in [0.717, 1.165) is 12.1 Å². The van der Waals surface area contributed by atoms with Crippen LogP contribution in [0.4, 0.5) is 18.9 Å². The molecular formula is C18H17ClF3NO3. The van der Waals surface area contributed by atoms with Crippen LogP contribution in [0.15, 0.2) is 42.5 Å². The molecule has 0 aliphatic carbocycles. The van der Waals surface area contributed by atoms with Crippen molar-refractivity contribution in [3.8, 4) is 11.5 Å². The lowest BCUT2D eigenvalue weighted by Crippen LogP contribution is -2.33. The summed E-state index contributed by atoms with van der Waals surface area (Å²) in [4.78, 5) is 12.4. The molecule has 0 saturated carbocycles. The lowest BCUT2D eigenvalue weighted by atomic mass is 10.1. The van der Waals surface area contributed by atoms with Crippen LogP contribution in [-0.2, 0) is 11.0 Å². The van der Waals surface area contributed by atoms with E-state index < -0.39 is 23.8 Å². The van der Waals surface area contributed by atoms with Gasteiger partial charge in [0.15, 0.2) is 6.10 Å². The maximum absolute atomic E-state index is 13.1. The van der Waals surface area contributed by atoms with Gasteiger partial charge in [-0.15, -0.1) is 0 Å². The first-order valence-corrected chi connectivity index (χ1v) is 8.10. The average molecular weight is 388 g/mol. The van der Waals surface area contributed by atoms with Gasteiger partial charge in [-0.1, -0.05) is 18.5 Å². The molecule has 1 amide bonds. The molecule has 1 N–H and O–H groups in total. The van der Waals surface area contributed by atoms with Crippen molar-refractivity contribution in [3.63, 3.8) is 0 Å². The number of hydrogen-bond donors (Lipinski definition) is 1. The van der Waals surface area contributed by atoms with E-state index in [-0.39, 0.29) is 17.1 Å². The summed E-state index contributed by atoms with van der Waals surface area (Å²) in [7, 11) is 1.52. The van der Waals surface area contributed by atoms with Crippen LogP contribution in [0.3, 0.4) is 0 Å². The lowest BCUT2D eigenvalue weighted by molar-refractivity contribution is -0.137.